The fraction of sp³-hybridized carbons (Fsp3) is 0.125. The highest BCUT2D eigenvalue weighted by atomic mass is 16.5. The van der Waals surface area contributed by atoms with Gasteiger partial charge in [0.2, 0.25) is 0 Å². The van der Waals surface area contributed by atoms with Crippen molar-refractivity contribution in [2.75, 3.05) is 0 Å². The summed E-state index contributed by atoms with van der Waals surface area (Å²) in [7, 11) is 0. The molecule has 26 heavy (non-hydrogen) atoms. The molecule has 3 aromatic carbocycles. The fourth-order valence-corrected chi connectivity index (χ4v) is 3.31. The van der Waals surface area contributed by atoms with Crippen molar-refractivity contribution in [2.24, 2.45) is 0 Å². The van der Waals surface area contributed by atoms with Crippen molar-refractivity contribution in [3.05, 3.63) is 96.1 Å². The number of rotatable bonds is 3. The summed E-state index contributed by atoms with van der Waals surface area (Å²) in [6.07, 6.45) is 3.98. The molecule has 2 nitrogen and oxygen atoms in total. The molecule has 0 saturated heterocycles. The summed E-state index contributed by atoms with van der Waals surface area (Å²) in [5.41, 5.74) is 4.46. The number of hydrogen-bond acceptors (Lipinski definition) is 2. The van der Waals surface area contributed by atoms with Gasteiger partial charge in [0.05, 0.1) is 0 Å². The van der Waals surface area contributed by atoms with E-state index in [2.05, 4.69) is 24.3 Å². The number of aryl methyl sites for hydroxylation is 1. The Morgan fingerprint density at radius 1 is 0.731 bits per heavy atom. The van der Waals surface area contributed by atoms with E-state index >= 15 is 0 Å². The minimum atomic E-state index is 0.119. The van der Waals surface area contributed by atoms with Gasteiger partial charge in [-0.15, -0.1) is 0 Å². The van der Waals surface area contributed by atoms with Gasteiger partial charge in [-0.05, 0) is 41.7 Å². The van der Waals surface area contributed by atoms with Crippen LogP contribution in [-0.4, -0.2) is 5.78 Å². The normalized spacial score (nSPS) is 14.0. The molecule has 0 amide bonds. The van der Waals surface area contributed by atoms with Crippen LogP contribution in [0.15, 0.2) is 84.9 Å². The molecule has 128 valence electrons. The van der Waals surface area contributed by atoms with Gasteiger partial charge in [0.1, 0.15) is 11.5 Å². The van der Waals surface area contributed by atoms with Crippen LogP contribution in [0.1, 0.15) is 24.0 Å². The number of carbonyl (C=O) groups is 1. The largest absolute Gasteiger partial charge is 0.457 e. The lowest BCUT2D eigenvalue weighted by Gasteiger charge is -2.17. The third-order valence-corrected chi connectivity index (χ3v) is 4.61. The van der Waals surface area contributed by atoms with E-state index in [1.54, 1.807) is 6.08 Å². The Kier molecular flexibility index (Phi) is 4.65. The molecule has 2 heteroatoms. The molecule has 0 fully saturated rings. The van der Waals surface area contributed by atoms with Gasteiger partial charge in [-0.3, -0.25) is 4.79 Å². The van der Waals surface area contributed by atoms with E-state index in [4.69, 9.17) is 4.74 Å². The van der Waals surface area contributed by atoms with E-state index in [-0.39, 0.29) is 5.78 Å². The zero-order chi connectivity index (χ0) is 17.8. The Hall–Kier alpha value is -3.13. The smallest absolute Gasteiger partial charge is 0.159 e. The Morgan fingerprint density at radius 3 is 2.38 bits per heavy atom. The van der Waals surface area contributed by atoms with Gasteiger partial charge in [0.15, 0.2) is 5.78 Å². The van der Waals surface area contributed by atoms with E-state index in [9.17, 15) is 4.79 Å². The molecule has 0 aliphatic heterocycles. The van der Waals surface area contributed by atoms with Crippen LogP contribution in [0.5, 0.6) is 5.75 Å². The Morgan fingerprint density at radius 2 is 1.50 bits per heavy atom. The van der Waals surface area contributed by atoms with Crippen LogP contribution in [0.25, 0.3) is 16.9 Å². The molecule has 0 spiro atoms. The van der Waals surface area contributed by atoms with Crippen LogP contribution in [-0.2, 0) is 11.2 Å². The number of carbonyl (C=O) groups excluding carboxylic acids is 1. The molecule has 0 radical (unpaired) electrons. The molecule has 1 aliphatic rings. The van der Waals surface area contributed by atoms with E-state index in [1.807, 2.05) is 54.6 Å². The number of ether oxygens (including phenoxy) is 1. The maximum absolute atomic E-state index is 12.2. The number of hydrogen-bond donors (Lipinski definition) is 0. The second-order valence-electron chi connectivity index (χ2n) is 6.48. The molecule has 0 atom stereocenters. The minimum Gasteiger partial charge on any atom is -0.457 e. The predicted molar refractivity (Wildman–Crippen MR) is 105 cm³/mol. The Balaban J connectivity index is 1.70. The molecular formula is C24H20O2. The monoisotopic (exact) mass is 340 g/mol. The molecule has 0 saturated carbocycles. The van der Waals surface area contributed by atoms with E-state index in [0.717, 1.165) is 35.3 Å². The van der Waals surface area contributed by atoms with Crippen LogP contribution in [0.2, 0.25) is 0 Å². The maximum atomic E-state index is 12.2. The average Bonchev–Trinajstić information content (AvgIpc) is 2.68. The lowest BCUT2D eigenvalue weighted by Crippen LogP contribution is -2.07. The molecule has 0 heterocycles. The van der Waals surface area contributed by atoms with Crippen LogP contribution in [0.3, 0.4) is 0 Å². The lowest BCUT2D eigenvalue weighted by molar-refractivity contribution is -0.114. The van der Waals surface area contributed by atoms with Gasteiger partial charge in [-0.25, -0.2) is 0 Å². The van der Waals surface area contributed by atoms with Gasteiger partial charge in [-0.2, -0.15) is 0 Å². The van der Waals surface area contributed by atoms with Crippen molar-refractivity contribution in [1.82, 2.24) is 0 Å². The van der Waals surface area contributed by atoms with Crippen molar-refractivity contribution in [3.8, 4) is 16.9 Å². The first kappa shape index (κ1) is 16.3. The summed E-state index contributed by atoms with van der Waals surface area (Å²) in [4.78, 5) is 12.2. The van der Waals surface area contributed by atoms with Crippen LogP contribution in [0.4, 0.5) is 0 Å². The van der Waals surface area contributed by atoms with Crippen LogP contribution < -0.4 is 4.74 Å². The van der Waals surface area contributed by atoms with Crippen molar-refractivity contribution < 1.29 is 9.53 Å². The fourth-order valence-electron chi connectivity index (χ4n) is 3.31. The summed E-state index contributed by atoms with van der Waals surface area (Å²) >= 11 is 0. The van der Waals surface area contributed by atoms with Gasteiger partial charge >= 0.3 is 0 Å². The zero-order valence-electron chi connectivity index (χ0n) is 14.5. The first-order valence-corrected chi connectivity index (χ1v) is 8.96. The SMILES string of the molecule is O=C1C=C(Oc2cccc(-c3ccccc3)c2)c2ccccc2CCC1. The van der Waals surface area contributed by atoms with Crippen molar-refractivity contribution >= 4 is 11.5 Å². The van der Waals surface area contributed by atoms with Gasteiger partial charge in [0.25, 0.3) is 0 Å². The molecule has 1 aliphatic carbocycles. The van der Waals surface area contributed by atoms with E-state index in [0.29, 0.717) is 12.2 Å². The topological polar surface area (TPSA) is 26.3 Å². The molecule has 4 rings (SSSR count). The number of fused-ring (bicyclic) bond motifs is 1. The molecule has 0 bridgehead atoms. The zero-order valence-corrected chi connectivity index (χ0v) is 14.5. The van der Waals surface area contributed by atoms with Crippen LogP contribution >= 0.6 is 0 Å². The summed E-state index contributed by atoms with van der Waals surface area (Å²) in [5.74, 6) is 1.49. The summed E-state index contributed by atoms with van der Waals surface area (Å²) in [6.45, 7) is 0. The predicted octanol–water partition coefficient (Wildman–Crippen LogP) is 5.68. The first-order chi connectivity index (χ1) is 12.8. The lowest BCUT2D eigenvalue weighted by atomic mass is 9.96. The number of allylic oxidation sites excluding steroid dienone is 1. The molecule has 0 aromatic heterocycles. The van der Waals surface area contributed by atoms with Crippen molar-refractivity contribution in [1.29, 1.82) is 0 Å². The summed E-state index contributed by atoms with van der Waals surface area (Å²) < 4.78 is 6.19. The third-order valence-electron chi connectivity index (χ3n) is 4.61. The van der Waals surface area contributed by atoms with Crippen molar-refractivity contribution in [3.63, 3.8) is 0 Å². The third kappa shape index (κ3) is 3.60. The Labute approximate surface area is 153 Å². The summed E-state index contributed by atoms with van der Waals surface area (Å²) in [5, 5.41) is 0. The molecule has 3 aromatic rings. The maximum Gasteiger partial charge on any atom is 0.159 e. The summed E-state index contributed by atoms with van der Waals surface area (Å²) in [6, 6.07) is 26.4. The highest BCUT2D eigenvalue weighted by Gasteiger charge is 2.15. The first-order valence-electron chi connectivity index (χ1n) is 8.96. The van der Waals surface area contributed by atoms with E-state index in [1.165, 1.54) is 5.56 Å². The van der Waals surface area contributed by atoms with Gasteiger partial charge in [0, 0.05) is 18.1 Å². The number of benzene rings is 3. The standard InChI is InChI=1S/C24H20O2/c25-21-13-6-11-19-10-4-5-15-23(19)24(17-21)26-22-14-7-12-20(16-22)18-8-2-1-3-9-18/h1-5,7-10,12,14-17H,6,11,13H2. The molecular weight excluding hydrogens is 320 g/mol. The van der Waals surface area contributed by atoms with E-state index < -0.39 is 0 Å². The second kappa shape index (κ2) is 7.40. The minimum absolute atomic E-state index is 0.119. The van der Waals surface area contributed by atoms with Crippen LogP contribution in [0, 0.1) is 0 Å². The van der Waals surface area contributed by atoms with Gasteiger partial charge in [-0.1, -0.05) is 66.7 Å². The van der Waals surface area contributed by atoms with Gasteiger partial charge < -0.3 is 4.74 Å². The second-order valence-corrected chi connectivity index (χ2v) is 6.48. The average molecular weight is 340 g/mol. The highest BCUT2D eigenvalue weighted by molar-refractivity contribution is 5.96. The molecule has 0 N–H and O–H groups in total. The highest BCUT2D eigenvalue weighted by Crippen LogP contribution is 2.29. The quantitative estimate of drug-likeness (QED) is 0.613. The number of ketones is 1. The molecule has 0 unspecified atom stereocenters. The Bertz CT molecular complexity index is 955. The van der Waals surface area contributed by atoms with Crippen molar-refractivity contribution in [2.45, 2.75) is 19.3 Å².